The first-order valence-corrected chi connectivity index (χ1v) is 4.61. The van der Waals surface area contributed by atoms with E-state index in [0.717, 1.165) is 6.07 Å². The molecule has 4 N–H and O–H groups in total. The van der Waals surface area contributed by atoms with Gasteiger partial charge in [-0.15, -0.1) is 0 Å². The normalized spacial score (nSPS) is 10.3. The third-order valence-electron chi connectivity index (χ3n) is 1.89. The number of ether oxygens (including phenoxy) is 2. The Morgan fingerprint density at radius 3 is 2.53 bits per heavy atom. The van der Waals surface area contributed by atoms with Gasteiger partial charge in [0.25, 0.3) is 0 Å². The second-order valence-electron chi connectivity index (χ2n) is 3.11. The van der Waals surface area contributed by atoms with Gasteiger partial charge in [-0.05, 0) is 0 Å². The summed E-state index contributed by atoms with van der Waals surface area (Å²) in [6, 6.07) is 2.54. The van der Waals surface area contributed by atoms with Gasteiger partial charge in [0.05, 0.1) is 18.0 Å². The lowest BCUT2D eigenvalue weighted by molar-refractivity contribution is 0.170. The van der Waals surface area contributed by atoms with Crippen LogP contribution in [-0.2, 0) is 4.74 Å². The molecule has 0 aromatic heterocycles. The summed E-state index contributed by atoms with van der Waals surface area (Å²) in [4.78, 5) is 0. The minimum atomic E-state index is -0.501. The highest BCUT2D eigenvalue weighted by molar-refractivity contribution is 5.65. The Balaban J connectivity index is 2.57. The second kappa shape index (κ2) is 5.41. The van der Waals surface area contributed by atoms with Crippen molar-refractivity contribution < 1.29 is 13.9 Å². The summed E-state index contributed by atoms with van der Waals surface area (Å²) in [5, 5.41) is 0. The van der Waals surface area contributed by atoms with Gasteiger partial charge in [-0.1, -0.05) is 0 Å². The van der Waals surface area contributed by atoms with Gasteiger partial charge in [0.2, 0.25) is 0 Å². The van der Waals surface area contributed by atoms with Gasteiger partial charge < -0.3 is 20.9 Å². The molecule has 0 aliphatic heterocycles. The smallest absolute Gasteiger partial charge is 0.167 e. The van der Waals surface area contributed by atoms with E-state index >= 15 is 0 Å². The first-order chi connectivity index (χ1) is 7.15. The van der Waals surface area contributed by atoms with Crippen molar-refractivity contribution in [3.05, 3.63) is 17.9 Å². The molecule has 4 nitrogen and oxygen atoms in total. The molecule has 0 spiro atoms. The third kappa shape index (κ3) is 3.28. The van der Waals surface area contributed by atoms with Gasteiger partial charge in [-0.2, -0.15) is 0 Å². The number of methoxy groups -OCH3 is 1. The summed E-state index contributed by atoms with van der Waals surface area (Å²) in [7, 11) is 1.60. The highest BCUT2D eigenvalue weighted by Crippen LogP contribution is 2.25. The monoisotopic (exact) mass is 214 g/mol. The fourth-order valence-corrected chi connectivity index (χ4v) is 1.08. The lowest BCUT2D eigenvalue weighted by atomic mass is 10.2. The van der Waals surface area contributed by atoms with Crippen molar-refractivity contribution in [3.63, 3.8) is 0 Å². The van der Waals surface area contributed by atoms with Crippen molar-refractivity contribution in [2.24, 2.45) is 0 Å². The minimum absolute atomic E-state index is 0.123. The fourth-order valence-electron chi connectivity index (χ4n) is 1.08. The number of nitrogens with two attached hydrogens (primary N) is 2. The average molecular weight is 214 g/mol. The van der Waals surface area contributed by atoms with E-state index in [1.807, 2.05) is 0 Å². The van der Waals surface area contributed by atoms with Crippen LogP contribution in [0.1, 0.15) is 6.42 Å². The first-order valence-electron chi connectivity index (χ1n) is 4.61. The van der Waals surface area contributed by atoms with Crippen LogP contribution in [0, 0.1) is 5.82 Å². The van der Waals surface area contributed by atoms with Gasteiger partial charge in [0, 0.05) is 32.3 Å². The minimum Gasteiger partial charge on any atom is -0.490 e. The van der Waals surface area contributed by atoms with Crippen LogP contribution in [0.15, 0.2) is 12.1 Å². The molecule has 15 heavy (non-hydrogen) atoms. The zero-order valence-corrected chi connectivity index (χ0v) is 8.63. The van der Waals surface area contributed by atoms with Crippen molar-refractivity contribution in [2.45, 2.75) is 6.42 Å². The first kappa shape index (κ1) is 11.6. The molecule has 0 atom stereocenters. The van der Waals surface area contributed by atoms with E-state index in [1.165, 1.54) is 6.07 Å². The Morgan fingerprint density at radius 1 is 1.20 bits per heavy atom. The molecule has 0 unspecified atom stereocenters. The van der Waals surface area contributed by atoms with Gasteiger partial charge in [0.1, 0.15) is 0 Å². The molecule has 0 fully saturated rings. The van der Waals surface area contributed by atoms with Crippen molar-refractivity contribution in [3.8, 4) is 5.75 Å². The van der Waals surface area contributed by atoms with Crippen LogP contribution in [0.5, 0.6) is 5.75 Å². The Bertz CT molecular complexity index is 331. The number of halogens is 1. The molecule has 84 valence electrons. The highest BCUT2D eigenvalue weighted by Gasteiger charge is 2.06. The van der Waals surface area contributed by atoms with Crippen LogP contribution in [0.2, 0.25) is 0 Å². The van der Waals surface area contributed by atoms with Crippen LogP contribution in [-0.4, -0.2) is 20.3 Å². The second-order valence-corrected chi connectivity index (χ2v) is 3.11. The maximum absolute atomic E-state index is 13.2. The summed E-state index contributed by atoms with van der Waals surface area (Å²) < 4.78 is 23.3. The van der Waals surface area contributed by atoms with Crippen LogP contribution < -0.4 is 16.2 Å². The quantitative estimate of drug-likeness (QED) is 0.574. The third-order valence-corrected chi connectivity index (χ3v) is 1.89. The zero-order valence-electron chi connectivity index (χ0n) is 8.63. The summed E-state index contributed by atoms with van der Waals surface area (Å²) in [5.41, 5.74) is 11.5. The predicted molar refractivity (Wildman–Crippen MR) is 57.2 cm³/mol. The number of benzene rings is 1. The maximum Gasteiger partial charge on any atom is 0.167 e. The predicted octanol–water partition coefficient (Wildman–Crippen LogP) is 1.41. The number of anilines is 2. The van der Waals surface area contributed by atoms with Crippen molar-refractivity contribution >= 4 is 11.4 Å². The Hall–Kier alpha value is -1.49. The molecule has 0 heterocycles. The number of hydrogen-bond donors (Lipinski definition) is 2. The summed E-state index contributed by atoms with van der Waals surface area (Å²) in [5.74, 6) is -0.378. The molecule has 0 saturated heterocycles. The van der Waals surface area contributed by atoms with Crippen molar-refractivity contribution in [1.82, 2.24) is 0 Å². The van der Waals surface area contributed by atoms with E-state index in [-0.39, 0.29) is 11.4 Å². The SMILES string of the molecule is COCCCOc1cc(N)c(N)cc1F. The molecule has 0 saturated carbocycles. The Morgan fingerprint density at radius 2 is 1.87 bits per heavy atom. The van der Waals surface area contributed by atoms with Crippen LogP contribution in [0.25, 0.3) is 0 Å². The number of nitrogen functional groups attached to an aromatic ring is 2. The van der Waals surface area contributed by atoms with Crippen LogP contribution in [0.3, 0.4) is 0 Å². The standard InChI is InChI=1S/C10H15FN2O2/c1-14-3-2-4-15-10-6-9(13)8(12)5-7(10)11/h5-6H,2-4,12-13H2,1H3. The molecule has 0 radical (unpaired) electrons. The topological polar surface area (TPSA) is 70.5 Å². The van der Waals surface area contributed by atoms with E-state index in [9.17, 15) is 4.39 Å². The van der Waals surface area contributed by atoms with E-state index in [4.69, 9.17) is 20.9 Å². The van der Waals surface area contributed by atoms with E-state index in [1.54, 1.807) is 7.11 Å². The largest absolute Gasteiger partial charge is 0.490 e. The van der Waals surface area contributed by atoms with Gasteiger partial charge in [-0.25, -0.2) is 4.39 Å². The molecule has 0 aliphatic carbocycles. The van der Waals surface area contributed by atoms with E-state index in [2.05, 4.69) is 0 Å². The van der Waals surface area contributed by atoms with Crippen LogP contribution >= 0.6 is 0 Å². The van der Waals surface area contributed by atoms with Gasteiger partial charge in [-0.3, -0.25) is 0 Å². The van der Waals surface area contributed by atoms with Crippen molar-refractivity contribution in [2.75, 3.05) is 31.8 Å². The summed E-state index contributed by atoms with van der Waals surface area (Å²) in [6.07, 6.45) is 0.695. The molecular weight excluding hydrogens is 199 g/mol. The molecule has 1 aromatic carbocycles. The molecular formula is C10H15FN2O2. The number of rotatable bonds is 5. The van der Waals surface area contributed by atoms with Crippen molar-refractivity contribution in [1.29, 1.82) is 0 Å². The molecule has 0 aliphatic rings. The maximum atomic E-state index is 13.2. The lowest BCUT2D eigenvalue weighted by Gasteiger charge is -2.09. The fraction of sp³-hybridized carbons (Fsp3) is 0.400. The molecule has 0 bridgehead atoms. The van der Waals surface area contributed by atoms with E-state index in [0.29, 0.717) is 25.3 Å². The Labute approximate surface area is 88.0 Å². The summed E-state index contributed by atoms with van der Waals surface area (Å²) in [6.45, 7) is 0.959. The van der Waals surface area contributed by atoms with E-state index < -0.39 is 5.82 Å². The zero-order chi connectivity index (χ0) is 11.3. The Kier molecular flexibility index (Phi) is 4.17. The molecule has 1 aromatic rings. The molecule has 0 amide bonds. The highest BCUT2D eigenvalue weighted by atomic mass is 19.1. The number of hydrogen-bond acceptors (Lipinski definition) is 4. The van der Waals surface area contributed by atoms with Crippen LogP contribution in [0.4, 0.5) is 15.8 Å². The molecule has 1 rings (SSSR count). The van der Waals surface area contributed by atoms with Gasteiger partial charge >= 0.3 is 0 Å². The summed E-state index contributed by atoms with van der Waals surface area (Å²) >= 11 is 0. The average Bonchev–Trinajstić information content (AvgIpc) is 2.20. The molecule has 5 heteroatoms. The van der Waals surface area contributed by atoms with Gasteiger partial charge in [0.15, 0.2) is 11.6 Å². The lowest BCUT2D eigenvalue weighted by Crippen LogP contribution is -2.04.